The molecular weight excluding hydrogens is 444 g/mol. The second kappa shape index (κ2) is 8.60. The Bertz CT molecular complexity index is 1340. The fraction of sp³-hybridized carbons (Fsp3) is 0.280. The first-order valence-electron chi connectivity index (χ1n) is 10.6. The summed E-state index contributed by atoms with van der Waals surface area (Å²) < 4.78 is 11.5. The zero-order valence-corrected chi connectivity index (χ0v) is 19.5. The molecule has 1 aliphatic carbocycles. The van der Waals surface area contributed by atoms with Gasteiger partial charge in [0.1, 0.15) is 17.3 Å². The minimum atomic E-state index is -0.0703. The molecule has 1 atom stereocenters. The van der Waals surface area contributed by atoms with Crippen molar-refractivity contribution in [3.05, 3.63) is 73.8 Å². The number of aryl methyl sites for hydroxylation is 1. The van der Waals surface area contributed by atoms with E-state index in [0.717, 1.165) is 40.6 Å². The van der Waals surface area contributed by atoms with Gasteiger partial charge < -0.3 is 14.5 Å². The molecule has 0 saturated carbocycles. The maximum atomic E-state index is 12.9. The predicted molar refractivity (Wildman–Crippen MR) is 129 cm³/mol. The van der Waals surface area contributed by atoms with Gasteiger partial charge in [-0.25, -0.2) is 4.98 Å². The highest BCUT2D eigenvalue weighted by Gasteiger charge is 2.23. The van der Waals surface area contributed by atoms with Gasteiger partial charge in [0.2, 0.25) is 0 Å². The molecule has 0 fully saturated rings. The van der Waals surface area contributed by atoms with Crippen molar-refractivity contribution in [1.82, 2.24) is 9.97 Å². The first-order chi connectivity index (χ1) is 15.5. The van der Waals surface area contributed by atoms with Crippen LogP contribution in [0.15, 0.2) is 47.3 Å². The van der Waals surface area contributed by atoms with Crippen LogP contribution >= 0.6 is 22.9 Å². The van der Waals surface area contributed by atoms with Crippen LogP contribution in [0.5, 0.6) is 11.5 Å². The lowest BCUT2D eigenvalue weighted by molar-refractivity contribution is 0.284. The largest absolute Gasteiger partial charge is 0.493 e. The van der Waals surface area contributed by atoms with Crippen molar-refractivity contribution < 1.29 is 9.47 Å². The minimum Gasteiger partial charge on any atom is -0.493 e. The number of hydrogen-bond donors (Lipinski definition) is 1. The van der Waals surface area contributed by atoms with Crippen molar-refractivity contribution in [1.29, 1.82) is 0 Å². The number of benzene rings is 2. The van der Waals surface area contributed by atoms with E-state index in [1.54, 1.807) is 18.4 Å². The van der Waals surface area contributed by atoms with E-state index in [1.807, 2.05) is 42.5 Å². The number of aromatic nitrogens is 2. The molecule has 32 heavy (non-hydrogen) atoms. The van der Waals surface area contributed by atoms with Crippen molar-refractivity contribution >= 4 is 33.2 Å². The third-order valence-electron chi connectivity index (χ3n) is 5.91. The third kappa shape index (κ3) is 4.00. The highest BCUT2D eigenvalue weighted by atomic mass is 35.5. The fourth-order valence-electron chi connectivity index (χ4n) is 4.16. The number of hydrogen-bond acceptors (Lipinski definition) is 5. The van der Waals surface area contributed by atoms with Gasteiger partial charge in [0.15, 0.2) is 11.5 Å². The molecule has 0 amide bonds. The van der Waals surface area contributed by atoms with Crippen molar-refractivity contribution in [3.8, 4) is 22.9 Å². The molecule has 2 aromatic carbocycles. The number of methoxy groups -OCH3 is 1. The van der Waals surface area contributed by atoms with Gasteiger partial charge in [-0.05, 0) is 66.6 Å². The number of halogens is 1. The number of fused-ring (bicyclic) bond motifs is 3. The van der Waals surface area contributed by atoms with Crippen molar-refractivity contribution in [2.24, 2.45) is 5.92 Å². The molecule has 5 nitrogen and oxygen atoms in total. The smallest absolute Gasteiger partial charge is 0.260 e. The van der Waals surface area contributed by atoms with Crippen LogP contribution in [-0.4, -0.2) is 17.1 Å². The maximum Gasteiger partial charge on any atom is 0.260 e. The second-order valence-electron chi connectivity index (χ2n) is 8.23. The van der Waals surface area contributed by atoms with Crippen LogP contribution in [0.4, 0.5) is 0 Å². The molecule has 2 heterocycles. The highest BCUT2D eigenvalue weighted by Crippen LogP contribution is 2.37. The van der Waals surface area contributed by atoms with Crippen LogP contribution in [-0.2, 0) is 19.4 Å². The van der Waals surface area contributed by atoms with Crippen molar-refractivity contribution in [2.45, 2.75) is 32.8 Å². The Morgan fingerprint density at radius 1 is 1.19 bits per heavy atom. The number of nitrogens with one attached hydrogen (secondary N) is 1. The van der Waals surface area contributed by atoms with Crippen molar-refractivity contribution in [3.63, 3.8) is 0 Å². The van der Waals surface area contributed by atoms with Crippen LogP contribution in [0.1, 0.15) is 29.3 Å². The summed E-state index contributed by atoms with van der Waals surface area (Å²) in [6.07, 6.45) is 3.10. The lowest BCUT2D eigenvalue weighted by Crippen LogP contribution is -2.13. The Balaban J connectivity index is 1.45. The van der Waals surface area contributed by atoms with Crippen LogP contribution in [0.2, 0.25) is 5.02 Å². The van der Waals surface area contributed by atoms with Gasteiger partial charge in [0.25, 0.3) is 5.56 Å². The normalized spacial score (nSPS) is 15.5. The summed E-state index contributed by atoms with van der Waals surface area (Å²) in [5.74, 6) is 2.39. The fourth-order valence-corrected chi connectivity index (χ4v) is 5.67. The summed E-state index contributed by atoms with van der Waals surface area (Å²) in [5.41, 5.74) is 2.90. The Hall–Kier alpha value is -2.83. The molecular formula is C25H23ClN2O3S. The van der Waals surface area contributed by atoms with Gasteiger partial charge in [-0.3, -0.25) is 4.79 Å². The molecule has 0 unspecified atom stereocenters. The van der Waals surface area contributed by atoms with Gasteiger partial charge in [-0.1, -0.05) is 30.7 Å². The summed E-state index contributed by atoms with van der Waals surface area (Å²) in [7, 11) is 1.60. The molecule has 5 rings (SSSR count). The molecule has 7 heteroatoms. The van der Waals surface area contributed by atoms with E-state index < -0.39 is 0 Å². The Labute approximate surface area is 195 Å². The van der Waals surface area contributed by atoms with E-state index in [0.29, 0.717) is 34.9 Å². The highest BCUT2D eigenvalue weighted by molar-refractivity contribution is 7.18. The lowest BCUT2D eigenvalue weighted by Gasteiger charge is -2.17. The van der Waals surface area contributed by atoms with Gasteiger partial charge >= 0.3 is 0 Å². The summed E-state index contributed by atoms with van der Waals surface area (Å²) in [4.78, 5) is 22.8. The SMILES string of the molecule is COc1cc(-c2nc3sc4c(c3c(=O)[nH]2)CC[C@H](C)C4)ccc1OCc1ccc(Cl)cc1. The van der Waals surface area contributed by atoms with Gasteiger partial charge in [-0.2, -0.15) is 0 Å². The standard InChI is InChI=1S/C25H23ClN2O3S/c1-14-3-9-18-21(11-14)32-25-22(18)24(29)27-23(28-25)16-6-10-19(20(12-16)30-2)31-13-15-4-7-17(26)8-5-15/h4-8,10,12,14H,3,9,11,13H2,1-2H3,(H,27,28,29)/t14-/m0/s1. The maximum absolute atomic E-state index is 12.9. The summed E-state index contributed by atoms with van der Waals surface area (Å²) in [6, 6.07) is 13.1. The van der Waals surface area contributed by atoms with E-state index in [-0.39, 0.29) is 5.56 Å². The number of rotatable bonds is 5. The molecule has 0 saturated heterocycles. The average molecular weight is 467 g/mol. The van der Waals surface area contributed by atoms with Gasteiger partial charge in [-0.15, -0.1) is 11.3 Å². The number of thiophene rings is 1. The van der Waals surface area contributed by atoms with Crippen LogP contribution < -0.4 is 15.0 Å². The second-order valence-corrected chi connectivity index (χ2v) is 9.75. The Kier molecular flexibility index (Phi) is 5.66. The van der Waals surface area contributed by atoms with Crippen LogP contribution in [0.3, 0.4) is 0 Å². The summed E-state index contributed by atoms with van der Waals surface area (Å²) in [6.45, 7) is 2.66. The molecule has 1 aliphatic rings. The Morgan fingerprint density at radius 3 is 2.78 bits per heavy atom. The molecule has 0 bridgehead atoms. The number of H-pyrrole nitrogens is 1. The van der Waals surface area contributed by atoms with E-state index >= 15 is 0 Å². The molecule has 0 aliphatic heterocycles. The lowest BCUT2D eigenvalue weighted by atomic mass is 9.89. The topological polar surface area (TPSA) is 64.2 Å². The Morgan fingerprint density at radius 2 is 2.00 bits per heavy atom. The number of aromatic amines is 1. The predicted octanol–water partition coefficient (Wildman–Crippen LogP) is 6.02. The molecule has 0 spiro atoms. The number of ether oxygens (including phenoxy) is 2. The molecule has 1 N–H and O–H groups in total. The first-order valence-corrected chi connectivity index (χ1v) is 11.8. The molecule has 164 valence electrons. The van der Waals surface area contributed by atoms with Crippen molar-refractivity contribution in [2.75, 3.05) is 7.11 Å². The third-order valence-corrected chi connectivity index (χ3v) is 7.31. The van der Waals surface area contributed by atoms with Crippen LogP contribution in [0.25, 0.3) is 21.6 Å². The monoisotopic (exact) mass is 466 g/mol. The minimum absolute atomic E-state index is 0.0703. The van der Waals surface area contributed by atoms with E-state index in [1.165, 1.54) is 10.4 Å². The van der Waals surface area contributed by atoms with E-state index in [2.05, 4.69) is 11.9 Å². The zero-order chi connectivity index (χ0) is 22.2. The van der Waals surface area contributed by atoms with Crippen LogP contribution in [0, 0.1) is 5.92 Å². The molecule has 0 radical (unpaired) electrons. The van der Waals surface area contributed by atoms with E-state index in [4.69, 9.17) is 26.1 Å². The summed E-state index contributed by atoms with van der Waals surface area (Å²) in [5, 5.41) is 1.45. The molecule has 2 aromatic heterocycles. The van der Waals surface area contributed by atoms with E-state index in [9.17, 15) is 4.79 Å². The first kappa shape index (κ1) is 21.0. The van der Waals surface area contributed by atoms with Gasteiger partial charge in [0, 0.05) is 15.5 Å². The number of nitrogens with zero attached hydrogens (tertiary/aromatic N) is 1. The summed E-state index contributed by atoms with van der Waals surface area (Å²) >= 11 is 7.59. The quantitative estimate of drug-likeness (QED) is 0.390. The molecule has 4 aromatic rings. The van der Waals surface area contributed by atoms with Gasteiger partial charge in [0.05, 0.1) is 12.5 Å². The zero-order valence-electron chi connectivity index (χ0n) is 17.9. The average Bonchev–Trinajstić information content (AvgIpc) is 3.16.